The molecule has 1 heterocycles. The van der Waals surface area contributed by atoms with Crippen molar-refractivity contribution in [1.82, 2.24) is 0 Å². The number of halogens is 2. The third-order valence-corrected chi connectivity index (χ3v) is 5.53. The van der Waals surface area contributed by atoms with Crippen molar-refractivity contribution in [2.24, 2.45) is 4.99 Å². The summed E-state index contributed by atoms with van der Waals surface area (Å²) in [5, 5.41) is 0.746. The SMILES string of the molecule is O=C1C(Br)=C(SCc2ccccc2)N=C[NH+]1Cc1ccccc1.[Br-]. The number of amides is 1. The monoisotopic (exact) mass is 466 g/mol. The van der Waals surface area contributed by atoms with Gasteiger partial charge in [-0.15, -0.1) is 0 Å². The summed E-state index contributed by atoms with van der Waals surface area (Å²) in [7, 11) is 0. The average molecular weight is 468 g/mol. The Morgan fingerprint density at radius 3 is 2.17 bits per heavy atom. The van der Waals surface area contributed by atoms with Gasteiger partial charge in [0.15, 0.2) is 10.8 Å². The van der Waals surface area contributed by atoms with Crippen LogP contribution in [0.25, 0.3) is 0 Å². The maximum Gasteiger partial charge on any atom is 0.360 e. The molecule has 0 saturated heterocycles. The quantitative estimate of drug-likeness (QED) is 0.678. The summed E-state index contributed by atoms with van der Waals surface area (Å²) in [6, 6.07) is 20.1. The number of benzene rings is 2. The molecule has 3 rings (SSSR count). The number of rotatable bonds is 5. The Hall–Kier alpha value is -1.21. The zero-order chi connectivity index (χ0) is 16.1. The maximum atomic E-state index is 12.5. The zero-order valence-electron chi connectivity index (χ0n) is 12.8. The van der Waals surface area contributed by atoms with E-state index in [9.17, 15) is 4.79 Å². The molecule has 0 spiro atoms. The summed E-state index contributed by atoms with van der Waals surface area (Å²) in [4.78, 5) is 17.7. The molecule has 0 fully saturated rings. The van der Waals surface area contributed by atoms with Crippen molar-refractivity contribution in [3.05, 3.63) is 81.3 Å². The van der Waals surface area contributed by atoms with Crippen molar-refractivity contribution < 1.29 is 26.7 Å². The minimum absolute atomic E-state index is 0. The van der Waals surface area contributed by atoms with Gasteiger partial charge in [0, 0.05) is 11.3 Å². The highest BCUT2D eigenvalue weighted by Gasteiger charge is 2.28. The molecule has 0 aliphatic carbocycles. The third-order valence-electron chi connectivity index (χ3n) is 3.47. The van der Waals surface area contributed by atoms with E-state index in [1.807, 2.05) is 48.5 Å². The van der Waals surface area contributed by atoms with E-state index in [4.69, 9.17) is 0 Å². The van der Waals surface area contributed by atoms with Crippen molar-refractivity contribution in [3.8, 4) is 0 Å². The molecule has 124 valence electrons. The summed E-state index contributed by atoms with van der Waals surface area (Å²) >= 11 is 4.99. The van der Waals surface area contributed by atoms with Crippen molar-refractivity contribution >= 4 is 39.9 Å². The Labute approximate surface area is 164 Å². The fourth-order valence-corrected chi connectivity index (χ4v) is 3.80. The predicted molar refractivity (Wildman–Crippen MR) is 98.3 cm³/mol. The lowest BCUT2D eigenvalue weighted by Crippen LogP contribution is -3.13. The molecule has 1 aliphatic rings. The van der Waals surface area contributed by atoms with Gasteiger partial charge in [0.05, 0.1) is 0 Å². The zero-order valence-corrected chi connectivity index (χ0v) is 16.8. The first-order chi connectivity index (χ1) is 11.2. The van der Waals surface area contributed by atoms with Crippen LogP contribution in [0.5, 0.6) is 0 Å². The standard InChI is InChI=1S/C18H15BrN2OS.BrH/c19-16-17(23-12-15-9-5-2-6-10-15)20-13-21(18(16)22)11-14-7-3-1-4-8-14;/h1-10,13H,11-12H2;1H. The highest BCUT2D eigenvalue weighted by molar-refractivity contribution is 9.12. The van der Waals surface area contributed by atoms with E-state index < -0.39 is 0 Å². The minimum Gasteiger partial charge on any atom is -1.00 e. The van der Waals surface area contributed by atoms with Crippen LogP contribution in [0.1, 0.15) is 11.1 Å². The highest BCUT2D eigenvalue weighted by atomic mass is 79.9. The molecule has 24 heavy (non-hydrogen) atoms. The Balaban J connectivity index is 0.00000208. The van der Waals surface area contributed by atoms with E-state index in [1.54, 1.807) is 18.1 Å². The number of aliphatic imine (C=N–C) groups is 1. The average Bonchev–Trinajstić information content (AvgIpc) is 2.60. The molecule has 0 bridgehead atoms. The normalized spacial score (nSPS) is 16.9. The minimum atomic E-state index is 0. The summed E-state index contributed by atoms with van der Waals surface area (Å²) in [6.07, 6.45) is 1.70. The largest absolute Gasteiger partial charge is 1.00 e. The third kappa shape index (κ3) is 4.89. The van der Waals surface area contributed by atoms with Crippen LogP contribution < -0.4 is 21.9 Å². The molecule has 6 heteroatoms. The summed E-state index contributed by atoms with van der Waals surface area (Å²) in [5.41, 5.74) is 2.33. The maximum absolute atomic E-state index is 12.5. The van der Waals surface area contributed by atoms with Crippen LogP contribution in [-0.4, -0.2) is 12.2 Å². The van der Waals surface area contributed by atoms with Crippen molar-refractivity contribution in [1.29, 1.82) is 0 Å². The number of nitrogens with zero attached hydrogens (tertiary/aromatic N) is 1. The number of carbonyl (C=O) groups excluding carboxylic acids is 1. The molecule has 1 atom stereocenters. The first kappa shape index (κ1) is 19.1. The molecule has 2 aromatic rings. The van der Waals surface area contributed by atoms with Gasteiger partial charge >= 0.3 is 5.91 Å². The molecular weight excluding hydrogens is 452 g/mol. The topological polar surface area (TPSA) is 33.9 Å². The number of hydrogen-bond donors (Lipinski definition) is 1. The van der Waals surface area contributed by atoms with Crippen LogP contribution in [0, 0.1) is 0 Å². The number of hydrogen-bond acceptors (Lipinski definition) is 3. The van der Waals surface area contributed by atoms with Crippen molar-refractivity contribution in [3.63, 3.8) is 0 Å². The van der Waals surface area contributed by atoms with Crippen LogP contribution in [0.15, 0.2) is 75.2 Å². The van der Waals surface area contributed by atoms with Gasteiger partial charge in [-0.1, -0.05) is 72.4 Å². The van der Waals surface area contributed by atoms with E-state index in [0.717, 1.165) is 16.3 Å². The Morgan fingerprint density at radius 1 is 0.958 bits per heavy atom. The smallest absolute Gasteiger partial charge is 0.360 e. The van der Waals surface area contributed by atoms with Crippen LogP contribution in [0.3, 0.4) is 0 Å². The lowest BCUT2D eigenvalue weighted by Gasteiger charge is -2.16. The van der Waals surface area contributed by atoms with Crippen LogP contribution in [-0.2, 0) is 17.1 Å². The first-order valence-electron chi connectivity index (χ1n) is 7.29. The summed E-state index contributed by atoms with van der Waals surface area (Å²) in [6.45, 7) is 0.606. The van der Waals surface area contributed by atoms with Crippen LogP contribution in [0.4, 0.5) is 0 Å². The Kier molecular flexibility index (Phi) is 7.42. The van der Waals surface area contributed by atoms with E-state index in [1.165, 1.54) is 5.56 Å². The molecule has 0 saturated carbocycles. The molecule has 1 N–H and O–H groups in total. The molecule has 1 amide bonds. The van der Waals surface area contributed by atoms with Gasteiger partial charge in [0.25, 0.3) is 0 Å². The molecule has 0 aromatic heterocycles. The van der Waals surface area contributed by atoms with Gasteiger partial charge in [-0.25, -0.2) is 9.69 Å². The van der Waals surface area contributed by atoms with Gasteiger partial charge in [0.2, 0.25) is 0 Å². The Morgan fingerprint density at radius 2 is 1.54 bits per heavy atom. The number of quaternary nitrogens is 1. The molecule has 1 unspecified atom stereocenters. The summed E-state index contributed by atoms with van der Waals surface area (Å²) in [5.74, 6) is 0.823. The van der Waals surface area contributed by atoms with E-state index in [0.29, 0.717) is 15.9 Å². The number of carbonyl (C=O) groups is 1. The number of nitrogens with one attached hydrogen (secondary N) is 1. The molecule has 1 aliphatic heterocycles. The summed E-state index contributed by atoms with van der Waals surface area (Å²) < 4.78 is 0.562. The molecule has 2 aromatic carbocycles. The van der Waals surface area contributed by atoms with Gasteiger partial charge in [-0.2, -0.15) is 4.99 Å². The van der Waals surface area contributed by atoms with Gasteiger partial charge in [-0.05, 0) is 21.5 Å². The first-order valence-corrected chi connectivity index (χ1v) is 9.07. The molecular formula is C18H16Br2N2OS. The second-order valence-electron chi connectivity index (χ2n) is 5.17. The lowest BCUT2D eigenvalue weighted by atomic mass is 10.2. The lowest BCUT2D eigenvalue weighted by molar-refractivity contribution is -0.726. The van der Waals surface area contributed by atoms with Crippen molar-refractivity contribution in [2.75, 3.05) is 0 Å². The second-order valence-corrected chi connectivity index (χ2v) is 6.93. The molecule has 3 nitrogen and oxygen atoms in total. The fourth-order valence-electron chi connectivity index (χ4n) is 2.26. The van der Waals surface area contributed by atoms with E-state index >= 15 is 0 Å². The van der Waals surface area contributed by atoms with E-state index in [-0.39, 0.29) is 22.9 Å². The van der Waals surface area contributed by atoms with Crippen molar-refractivity contribution in [2.45, 2.75) is 12.3 Å². The molecule has 0 radical (unpaired) electrons. The van der Waals surface area contributed by atoms with Gasteiger partial charge < -0.3 is 17.0 Å². The van der Waals surface area contributed by atoms with Gasteiger partial charge in [-0.3, -0.25) is 0 Å². The number of thioether (sulfide) groups is 1. The fraction of sp³-hybridized carbons (Fsp3) is 0.111. The van der Waals surface area contributed by atoms with Crippen LogP contribution >= 0.6 is 27.7 Å². The second kappa shape index (κ2) is 9.32. The predicted octanol–water partition coefficient (Wildman–Crippen LogP) is 0.141. The van der Waals surface area contributed by atoms with Gasteiger partial charge in [0.1, 0.15) is 11.6 Å². The van der Waals surface area contributed by atoms with Crippen LogP contribution in [0.2, 0.25) is 0 Å². The highest BCUT2D eigenvalue weighted by Crippen LogP contribution is 2.28. The van der Waals surface area contributed by atoms with E-state index in [2.05, 4.69) is 33.1 Å². The Bertz CT molecular complexity index is 748.